The molecule has 0 aromatic carbocycles. The average molecular weight is 570 g/mol. The number of Topliss-reactive ketones (excluding diaryl/α,β-unsaturated/α-hetero) is 1. The summed E-state index contributed by atoms with van der Waals surface area (Å²) in [5.74, 6) is 9.26. The first-order chi connectivity index (χ1) is 19.6. The van der Waals surface area contributed by atoms with Gasteiger partial charge in [0.25, 0.3) is 0 Å². The van der Waals surface area contributed by atoms with E-state index in [1.165, 1.54) is 7.11 Å². The summed E-state index contributed by atoms with van der Waals surface area (Å²) in [4.78, 5) is 39.1. The Morgan fingerprint density at radius 1 is 0.780 bits per heavy atom. The Bertz CT molecular complexity index is 1170. The highest BCUT2D eigenvalue weighted by molar-refractivity contribution is 5.82. The quantitative estimate of drug-likeness (QED) is 0.0745. The molecule has 41 heavy (non-hydrogen) atoms. The van der Waals surface area contributed by atoms with Crippen molar-refractivity contribution in [3.63, 3.8) is 0 Å². The lowest BCUT2D eigenvalue weighted by Gasteiger charge is -2.00. The molecule has 0 aliphatic rings. The number of nitrogens with two attached hydrogens (primary N) is 3. The molecule has 4 rings (SSSR count). The largest absolute Gasteiger partial charge is 0.469 e. The second-order valence-corrected chi connectivity index (χ2v) is 7.77. The zero-order valence-electron chi connectivity index (χ0n) is 23.2. The Morgan fingerprint density at radius 3 is 1.59 bits per heavy atom. The van der Waals surface area contributed by atoms with E-state index in [-0.39, 0.29) is 30.2 Å². The van der Waals surface area contributed by atoms with Crippen LogP contribution in [0.2, 0.25) is 0 Å². The normalized spacial score (nSPS) is 9.22. The van der Waals surface area contributed by atoms with Crippen molar-refractivity contribution in [1.29, 1.82) is 0 Å². The van der Waals surface area contributed by atoms with E-state index in [9.17, 15) is 9.59 Å². The fourth-order valence-electron chi connectivity index (χ4n) is 3.25. The number of carbonyl (C=O) groups excluding carboxylic acids is 2. The summed E-state index contributed by atoms with van der Waals surface area (Å²) < 4.78 is 8.53. The monoisotopic (exact) mass is 569 g/mol. The van der Waals surface area contributed by atoms with Crippen molar-refractivity contribution in [2.75, 3.05) is 20.8 Å². The number of hydrogen-bond acceptors (Lipinski definition) is 11. The van der Waals surface area contributed by atoms with Gasteiger partial charge in [0, 0.05) is 61.6 Å². The minimum atomic E-state index is -0.247. The number of methoxy groups -OCH3 is 1. The zero-order chi connectivity index (χ0) is 29.6. The van der Waals surface area contributed by atoms with Gasteiger partial charge in [0.1, 0.15) is 0 Å². The zero-order valence-corrected chi connectivity index (χ0v) is 23.2. The van der Waals surface area contributed by atoms with Crippen LogP contribution >= 0.6 is 0 Å². The molecule has 0 aliphatic carbocycles. The molecule has 0 spiro atoms. The summed E-state index contributed by atoms with van der Waals surface area (Å²) in [5.41, 5.74) is 7.16. The van der Waals surface area contributed by atoms with Crippen molar-refractivity contribution < 1.29 is 34.0 Å². The van der Waals surface area contributed by atoms with E-state index in [4.69, 9.17) is 10.8 Å². The van der Waals surface area contributed by atoms with Gasteiger partial charge in [-0.2, -0.15) is 9.13 Å². The SMILES string of the molecule is CO.COC(=O)Cc1ccc[n+](Cc2ncccn2)c1.NCC(=O)Cc1ccc[n+](Cc2ncccn2)c1.NN.O. The van der Waals surface area contributed by atoms with Crippen LogP contribution < -0.4 is 26.6 Å². The summed E-state index contributed by atoms with van der Waals surface area (Å²) in [7, 11) is 2.39. The summed E-state index contributed by atoms with van der Waals surface area (Å²) >= 11 is 0. The number of nitrogens with zero attached hydrogens (tertiary/aromatic N) is 6. The maximum absolute atomic E-state index is 11.3. The van der Waals surface area contributed by atoms with Gasteiger partial charge in [-0.1, -0.05) is 0 Å². The predicted octanol–water partition coefficient (Wildman–Crippen LogP) is -1.99. The number of pyridine rings is 2. The van der Waals surface area contributed by atoms with Crippen LogP contribution in [0.4, 0.5) is 0 Å². The molecule has 14 heteroatoms. The van der Waals surface area contributed by atoms with E-state index in [1.54, 1.807) is 36.9 Å². The van der Waals surface area contributed by atoms with Gasteiger partial charge in [0.15, 0.2) is 42.2 Å². The summed E-state index contributed by atoms with van der Waals surface area (Å²) in [6.45, 7) is 1.25. The molecule has 0 unspecified atom stereocenters. The highest BCUT2D eigenvalue weighted by Gasteiger charge is 2.10. The number of aliphatic hydroxyl groups excluding tert-OH is 1. The fraction of sp³-hybridized carbons (Fsp3) is 0.259. The van der Waals surface area contributed by atoms with E-state index in [0.29, 0.717) is 19.5 Å². The number of ether oxygens (including phenoxy) is 1. The molecule has 4 heterocycles. The van der Waals surface area contributed by atoms with Gasteiger partial charge < -0.3 is 21.1 Å². The minimum Gasteiger partial charge on any atom is -0.469 e. The molecule has 0 saturated carbocycles. The van der Waals surface area contributed by atoms with Gasteiger partial charge >= 0.3 is 5.97 Å². The highest BCUT2D eigenvalue weighted by Crippen LogP contribution is 1.99. The number of aliphatic hydroxyl groups is 1. The lowest BCUT2D eigenvalue weighted by Crippen LogP contribution is -2.35. The van der Waals surface area contributed by atoms with Crippen LogP contribution in [0, 0.1) is 0 Å². The number of aromatic nitrogens is 6. The van der Waals surface area contributed by atoms with Gasteiger partial charge in [-0.25, -0.2) is 19.9 Å². The van der Waals surface area contributed by atoms with Crippen molar-refractivity contribution in [2.45, 2.75) is 25.9 Å². The molecule has 0 radical (unpaired) electrons. The smallest absolute Gasteiger partial charge is 0.310 e. The topological polar surface area (TPSA) is 232 Å². The lowest BCUT2D eigenvalue weighted by molar-refractivity contribution is -0.689. The van der Waals surface area contributed by atoms with Crippen molar-refractivity contribution >= 4 is 11.8 Å². The van der Waals surface area contributed by atoms with Gasteiger partial charge in [0.2, 0.25) is 13.1 Å². The van der Waals surface area contributed by atoms with Crippen LogP contribution in [-0.4, -0.2) is 63.0 Å². The fourth-order valence-corrected chi connectivity index (χ4v) is 3.25. The Kier molecular flexibility index (Phi) is 19.7. The lowest BCUT2D eigenvalue weighted by atomic mass is 10.1. The summed E-state index contributed by atoms with van der Waals surface area (Å²) in [6.07, 6.45) is 15.1. The Balaban J connectivity index is 0.000000681. The minimum absolute atomic E-state index is 0. The van der Waals surface area contributed by atoms with Gasteiger partial charge in [-0.3, -0.25) is 21.3 Å². The van der Waals surface area contributed by atoms with Gasteiger partial charge in [-0.05, 0) is 24.3 Å². The van der Waals surface area contributed by atoms with Crippen LogP contribution in [0.25, 0.3) is 0 Å². The standard InChI is InChI=1S/C13H15N4O.C13H14N3O2.CH4O.H4N2.H2O/c14-8-12(18)7-11-3-1-6-17(9-11)10-13-15-4-2-5-16-13;1-18-13(17)8-11-4-2-7-16(9-11)10-12-14-5-3-6-15-12;2*1-2;/h1-6,9H,7-8,10,14H2;2-7,9H,8,10H2,1H3;2H,1H3;1-2H2;1H2/q2*+1;;;. The molecular formula is C27H39N9O5+2. The van der Waals surface area contributed by atoms with E-state index in [2.05, 4.69) is 36.4 Å². The number of hydrogen-bond donors (Lipinski definition) is 4. The molecule has 0 aliphatic heterocycles. The maximum atomic E-state index is 11.3. The van der Waals surface area contributed by atoms with Crippen molar-refractivity contribution in [3.8, 4) is 0 Å². The second kappa shape index (κ2) is 22.2. The predicted molar refractivity (Wildman–Crippen MR) is 149 cm³/mol. The second-order valence-electron chi connectivity index (χ2n) is 7.77. The van der Waals surface area contributed by atoms with E-state index >= 15 is 0 Å². The van der Waals surface area contributed by atoms with E-state index in [1.807, 2.05) is 58.2 Å². The van der Waals surface area contributed by atoms with Crippen LogP contribution in [0.3, 0.4) is 0 Å². The van der Waals surface area contributed by atoms with Crippen molar-refractivity contribution in [3.05, 3.63) is 109 Å². The number of carbonyl (C=O) groups is 2. The number of hydrazine groups is 1. The van der Waals surface area contributed by atoms with E-state index < -0.39 is 0 Å². The number of rotatable bonds is 9. The Hall–Kier alpha value is -4.60. The highest BCUT2D eigenvalue weighted by atomic mass is 16.5. The summed E-state index contributed by atoms with van der Waals surface area (Å²) in [5, 5.41) is 7.00. The average Bonchev–Trinajstić information content (AvgIpc) is 3.01. The van der Waals surface area contributed by atoms with Crippen LogP contribution in [0.1, 0.15) is 22.8 Å². The Labute approximate surface area is 238 Å². The van der Waals surface area contributed by atoms with Crippen molar-refractivity contribution in [2.24, 2.45) is 17.4 Å². The molecule has 14 nitrogen and oxygen atoms in total. The first-order valence-electron chi connectivity index (χ1n) is 12.1. The van der Waals surface area contributed by atoms with E-state index in [0.717, 1.165) is 29.9 Å². The van der Waals surface area contributed by atoms with Crippen LogP contribution in [0.15, 0.2) is 86.0 Å². The van der Waals surface area contributed by atoms with Crippen molar-refractivity contribution in [1.82, 2.24) is 19.9 Å². The number of esters is 1. The first-order valence-corrected chi connectivity index (χ1v) is 12.1. The molecule has 0 fully saturated rings. The van der Waals surface area contributed by atoms with Gasteiger partial charge in [-0.15, -0.1) is 0 Å². The molecule has 0 atom stereocenters. The first kappa shape index (κ1) is 36.4. The molecule has 4 aromatic rings. The molecule has 220 valence electrons. The number of ketones is 1. The van der Waals surface area contributed by atoms with Crippen LogP contribution in [0.5, 0.6) is 0 Å². The third-order valence-electron chi connectivity index (χ3n) is 4.93. The molecular weight excluding hydrogens is 530 g/mol. The van der Waals surface area contributed by atoms with Crippen LogP contribution in [-0.2, 0) is 40.3 Å². The third-order valence-corrected chi connectivity index (χ3v) is 4.93. The molecule has 0 bridgehead atoms. The molecule has 0 saturated heterocycles. The third kappa shape index (κ3) is 14.9. The Morgan fingerprint density at radius 2 is 1.20 bits per heavy atom. The van der Waals surface area contributed by atoms with Gasteiger partial charge in [0.05, 0.1) is 20.1 Å². The summed E-state index contributed by atoms with van der Waals surface area (Å²) in [6, 6.07) is 11.2. The molecule has 0 amide bonds. The maximum Gasteiger partial charge on any atom is 0.310 e. The molecule has 4 aromatic heterocycles. The molecule has 9 N–H and O–H groups in total.